The summed E-state index contributed by atoms with van der Waals surface area (Å²) in [5.74, 6) is -0.303. The number of para-hydroxylation sites is 1. The number of aromatic amines is 1. The van der Waals surface area contributed by atoms with Gasteiger partial charge in [-0.05, 0) is 43.0 Å². The minimum Gasteiger partial charge on any atom is -0.373 e. The molecule has 1 heterocycles. The van der Waals surface area contributed by atoms with Gasteiger partial charge in [0, 0.05) is 31.5 Å². The average Bonchev–Trinajstić information content (AvgIpc) is 3.01. The lowest BCUT2D eigenvalue weighted by molar-refractivity contribution is 0.0953. The van der Waals surface area contributed by atoms with Crippen molar-refractivity contribution >= 4 is 11.6 Å². The molecule has 2 aromatic rings. The molecule has 1 aromatic carbocycles. The predicted octanol–water partition coefficient (Wildman–Crippen LogP) is 1.73. The molecule has 0 saturated heterocycles. The molecule has 1 aromatic heterocycles. The maximum atomic E-state index is 12.2. The highest BCUT2D eigenvalue weighted by molar-refractivity contribution is 5.94. The van der Waals surface area contributed by atoms with Crippen molar-refractivity contribution in [3.05, 3.63) is 63.6 Å². The third-order valence-electron chi connectivity index (χ3n) is 4.26. The van der Waals surface area contributed by atoms with E-state index in [1.807, 2.05) is 37.4 Å². The van der Waals surface area contributed by atoms with E-state index < -0.39 is 0 Å². The summed E-state index contributed by atoms with van der Waals surface area (Å²) < 4.78 is 0. The van der Waals surface area contributed by atoms with Crippen LogP contribution in [0.5, 0.6) is 0 Å². The number of carbonyl (C=O) groups excluding carboxylic acids is 1. The van der Waals surface area contributed by atoms with E-state index in [1.54, 1.807) is 6.07 Å². The number of benzene rings is 1. The Kier molecular flexibility index (Phi) is 4.46. The Bertz CT molecular complexity index is 753. The van der Waals surface area contributed by atoms with Gasteiger partial charge in [-0.15, -0.1) is 0 Å². The maximum absolute atomic E-state index is 12.2. The molecule has 0 bridgehead atoms. The Labute approximate surface area is 135 Å². The molecule has 0 fully saturated rings. The number of rotatable bonds is 5. The van der Waals surface area contributed by atoms with Crippen LogP contribution in [0.25, 0.3) is 0 Å². The second-order valence-electron chi connectivity index (χ2n) is 5.88. The van der Waals surface area contributed by atoms with E-state index in [2.05, 4.69) is 15.2 Å². The second-order valence-corrected chi connectivity index (χ2v) is 5.88. The van der Waals surface area contributed by atoms with E-state index in [9.17, 15) is 9.59 Å². The quantitative estimate of drug-likeness (QED) is 0.884. The van der Waals surface area contributed by atoms with Crippen molar-refractivity contribution in [1.29, 1.82) is 0 Å². The first-order valence-corrected chi connectivity index (χ1v) is 7.94. The first-order chi connectivity index (χ1) is 11.1. The largest absolute Gasteiger partial charge is 0.373 e. The first-order valence-electron chi connectivity index (χ1n) is 7.94. The minimum atomic E-state index is -0.303. The highest BCUT2D eigenvalue weighted by atomic mass is 16.2. The molecule has 1 aliphatic rings. The lowest BCUT2D eigenvalue weighted by atomic mass is 10.1. The Morgan fingerprint density at radius 1 is 1.26 bits per heavy atom. The van der Waals surface area contributed by atoms with Gasteiger partial charge in [0.05, 0.1) is 0 Å². The van der Waals surface area contributed by atoms with E-state index in [4.69, 9.17) is 0 Å². The van der Waals surface area contributed by atoms with Crippen molar-refractivity contribution in [3.8, 4) is 0 Å². The molecule has 23 heavy (non-hydrogen) atoms. The standard InChI is InChI=1S/C18H21N3O2/c1-21(14-7-3-2-4-8-14)11-10-19-17(22)15-12-13-6-5-9-16(13)20-18(15)23/h2-4,7-8,12H,5-6,9-11H2,1H3,(H,19,22)(H,20,23). The molecular weight excluding hydrogens is 290 g/mol. The Morgan fingerprint density at radius 3 is 2.83 bits per heavy atom. The first kappa shape index (κ1) is 15.3. The van der Waals surface area contributed by atoms with Crippen molar-refractivity contribution in [2.24, 2.45) is 0 Å². The van der Waals surface area contributed by atoms with Crippen LogP contribution in [0.15, 0.2) is 41.2 Å². The molecule has 3 rings (SSSR count). The summed E-state index contributed by atoms with van der Waals surface area (Å²) in [6.07, 6.45) is 2.87. The van der Waals surface area contributed by atoms with Crippen LogP contribution in [0, 0.1) is 0 Å². The van der Waals surface area contributed by atoms with Gasteiger partial charge < -0.3 is 15.2 Å². The fourth-order valence-electron chi connectivity index (χ4n) is 2.93. The summed E-state index contributed by atoms with van der Waals surface area (Å²) in [6, 6.07) is 11.7. The summed E-state index contributed by atoms with van der Waals surface area (Å²) in [6.45, 7) is 1.17. The molecule has 1 aliphatic carbocycles. The number of nitrogens with zero attached hydrogens (tertiary/aromatic N) is 1. The number of likely N-dealkylation sites (N-methyl/N-ethyl adjacent to an activating group) is 1. The van der Waals surface area contributed by atoms with Gasteiger partial charge >= 0.3 is 0 Å². The molecule has 0 spiro atoms. The number of hydrogen-bond donors (Lipinski definition) is 2. The minimum absolute atomic E-state index is 0.216. The van der Waals surface area contributed by atoms with E-state index >= 15 is 0 Å². The van der Waals surface area contributed by atoms with E-state index in [-0.39, 0.29) is 17.0 Å². The average molecular weight is 311 g/mol. The van der Waals surface area contributed by atoms with Crippen LogP contribution < -0.4 is 15.8 Å². The number of aromatic nitrogens is 1. The van der Waals surface area contributed by atoms with Crippen LogP contribution in [0.2, 0.25) is 0 Å². The van der Waals surface area contributed by atoms with Crippen LogP contribution in [0.4, 0.5) is 5.69 Å². The molecule has 5 nitrogen and oxygen atoms in total. The van der Waals surface area contributed by atoms with Crippen molar-refractivity contribution in [1.82, 2.24) is 10.3 Å². The van der Waals surface area contributed by atoms with Crippen LogP contribution >= 0.6 is 0 Å². The third kappa shape index (κ3) is 3.44. The molecule has 0 radical (unpaired) electrons. The van der Waals surface area contributed by atoms with Crippen molar-refractivity contribution in [2.75, 3.05) is 25.0 Å². The number of pyridine rings is 1. The number of aryl methyl sites for hydroxylation is 2. The number of nitrogens with one attached hydrogen (secondary N) is 2. The van der Waals surface area contributed by atoms with Crippen molar-refractivity contribution in [2.45, 2.75) is 19.3 Å². The number of fused-ring (bicyclic) bond motifs is 1. The second kappa shape index (κ2) is 6.69. The smallest absolute Gasteiger partial charge is 0.261 e. The zero-order valence-electron chi connectivity index (χ0n) is 13.3. The van der Waals surface area contributed by atoms with Crippen molar-refractivity contribution in [3.63, 3.8) is 0 Å². The topological polar surface area (TPSA) is 65.2 Å². The SMILES string of the molecule is CN(CCNC(=O)c1cc2c([nH]c1=O)CCC2)c1ccccc1. The molecular formula is C18H21N3O2. The maximum Gasteiger partial charge on any atom is 0.261 e. The van der Waals surface area contributed by atoms with Crippen LogP contribution in [0.1, 0.15) is 28.0 Å². The molecule has 0 atom stereocenters. The fraction of sp³-hybridized carbons (Fsp3) is 0.333. The molecule has 5 heteroatoms. The number of carbonyl (C=O) groups is 1. The fourth-order valence-corrected chi connectivity index (χ4v) is 2.93. The van der Waals surface area contributed by atoms with Gasteiger partial charge in [-0.1, -0.05) is 18.2 Å². The normalized spacial score (nSPS) is 12.7. The van der Waals surface area contributed by atoms with Gasteiger partial charge in [0.15, 0.2) is 0 Å². The number of H-pyrrole nitrogens is 1. The van der Waals surface area contributed by atoms with Gasteiger partial charge in [-0.2, -0.15) is 0 Å². The Morgan fingerprint density at radius 2 is 2.04 bits per heavy atom. The zero-order valence-corrected chi connectivity index (χ0v) is 13.3. The van der Waals surface area contributed by atoms with Crippen LogP contribution in [-0.4, -0.2) is 31.0 Å². The molecule has 0 aliphatic heterocycles. The summed E-state index contributed by atoms with van der Waals surface area (Å²) in [4.78, 5) is 29.1. The van der Waals surface area contributed by atoms with Gasteiger partial charge in [0.2, 0.25) is 0 Å². The van der Waals surface area contributed by atoms with Crippen LogP contribution in [-0.2, 0) is 12.8 Å². The molecule has 120 valence electrons. The predicted molar refractivity (Wildman–Crippen MR) is 91.1 cm³/mol. The lowest BCUT2D eigenvalue weighted by Crippen LogP contribution is -2.35. The van der Waals surface area contributed by atoms with Gasteiger partial charge in [-0.3, -0.25) is 9.59 Å². The van der Waals surface area contributed by atoms with E-state index in [1.165, 1.54) is 0 Å². The Balaban J connectivity index is 1.59. The number of hydrogen-bond acceptors (Lipinski definition) is 3. The molecule has 0 saturated carbocycles. The lowest BCUT2D eigenvalue weighted by Gasteiger charge is -2.19. The summed E-state index contributed by atoms with van der Waals surface area (Å²) >= 11 is 0. The molecule has 1 amide bonds. The monoisotopic (exact) mass is 311 g/mol. The summed E-state index contributed by atoms with van der Waals surface area (Å²) in [5.41, 5.74) is 3.09. The van der Waals surface area contributed by atoms with E-state index in [0.717, 1.165) is 36.2 Å². The zero-order chi connectivity index (χ0) is 16.2. The number of anilines is 1. The summed E-state index contributed by atoms with van der Waals surface area (Å²) in [7, 11) is 1.98. The Hall–Kier alpha value is -2.56. The van der Waals surface area contributed by atoms with Crippen LogP contribution in [0.3, 0.4) is 0 Å². The molecule has 0 unspecified atom stereocenters. The highest BCUT2D eigenvalue weighted by Gasteiger charge is 2.17. The molecule has 2 N–H and O–H groups in total. The van der Waals surface area contributed by atoms with Gasteiger partial charge in [0.25, 0.3) is 11.5 Å². The number of amides is 1. The third-order valence-corrected chi connectivity index (χ3v) is 4.26. The highest BCUT2D eigenvalue weighted by Crippen LogP contribution is 2.18. The summed E-state index contributed by atoms with van der Waals surface area (Å²) in [5, 5.41) is 2.83. The van der Waals surface area contributed by atoms with Gasteiger partial charge in [0.1, 0.15) is 5.56 Å². The van der Waals surface area contributed by atoms with E-state index in [0.29, 0.717) is 13.1 Å². The van der Waals surface area contributed by atoms with Crippen molar-refractivity contribution < 1.29 is 4.79 Å². The van der Waals surface area contributed by atoms with Gasteiger partial charge in [-0.25, -0.2) is 0 Å².